The number of anilines is 2. The summed E-state index contributed by atoms with van der Waals surface area (Å²) in [4.78, 5) is 4.25. The van der Waals surface area contributed by atoms with Crippen molar-refractivity contribution in [2.75, 3.05) is 36.0 Å². The van der Waals surface area contributed by atoms with Gasteiger partial charge in [-0.25, -0.2) is 4.39 Å². The van der Waals surface area contributed by atoms with Crippen LogP contribution in [0.2, 0.25) is 0 Å². The van der Waals surface area contributed by atoms with Gasteiger partial charge in [0.15, 0.2) is 0 Å². The lowest BCUT2D eigenvalue weighted by Gasteiger charge is -2.37. The van der Waals surface area contributed by atoms with Crippen LogP contribution in [0.5, 0.6) is 0 Å². The van der Waals surface area contributed by atoms with E-state index in [1.165, 1.54) is 6.07 Å². The Morgan fingerprint density at radius 1 is 0.960 bits per heavy atom. The molecule has 1 N–H and O–H groups in total. The van der Waals surface area contributed by atoms with E-state index in [0.717, 1.165) is 18.8 Å². The van der Waals surface area contributed by atoms with Gasteiger partial charge in [-0.05, 0) is 36.4 Å². The zero-order valence-electron chi connectivity index (χ0n) is 13.6. The number of aliphatic hydroxyl groups is 1. The lowest BCUT2D eigenvalue weighted by molar-refractivity contribution is 0.275. The molecular formula is C19H17FN4O. The first-order valence-corrected chi connectivity index (χ1v) is 7.99. The highest BCUT2D eigenvalue weighted by Crippen LogP contribution is 2.26. The van der Waals surface area contributed by atoms with Gasteiger partial charge < -0.3 is 14.9 Å². The Morgan fingerprint density at radius 2 is 1.60 bits per heavy atom. The van der Waals surface area contributed by atoms with Gasteiger partial charge in [-0.2, -0.15) is 10.5 Å². The van der Waals surface area contributed by atoms with E-state index in [9.17, 15) is 14.8 Å². The fraction of sp³-hybridized carbons (Fsp3) is 0.263. The Kier molecular flexibility index (Phi) is 4.83. The number of piperazine rings is 1. The molecule has 6 heteroatoms. The monoisotopic (exact) mass is 336 g/mol. The third-order valence-corrected chi connectivity index (χ3v) is 4.44. The maximum Gasteiger partial charge on any atom is 0.130 e. The molecule has 25 heavy (non-hydrogen) atoms. The molecule has 0 amide bonds. The molecule has 0 bridgehead atoms. The molecular weight excluding hydrogens is 319 g/mol. The quantitative estimate of drug-likeness (QED) is 0.931. The zero-order valence-corrected chi connectivity index (χ0v) is 13.6. The van der Waals surface area contributed by atoms with Crippen molar-refractivity contribution in [3.05, 3.63) is 58.9 Å². The second-order valence-electron chi connectivity index (χ2n) is 5.86. The molecule has 5 nitrogen and oxygen atoms in total. The first kappa shape index (κ1) is 16.8. The van der Waals surface area contributed by atoms with E-state index in [-0.39, 0.29) is 11.1 Å². The Morgan fingerprint density at radius 3 is 2.16 bits per heavy atom. The van der Waals surface area contributed by atoms with Crippen molar-refractivity contribution in [1.82, 2.24) is 0 Å². The highest BCUT2D eigenvalue weighted by Gasteiger charge is 2.21. The highest BCUT2D eigenvalue weighted by atomic mass is 19.1. The van der Waals surface area contributed by atoms with E-state index < -0.39 is 12.4 Å². The van der Waals surface area contributed by atoms with Gasteiger partial charge in [0.1, 0.15) is 11.9 Å². The third-order valence-electron chi connectivity index (χ3n) is 4.44. The van der Waals surface area contributed by atoms with Crippen LogP contribution in [-0.4, -0.2) is 31.3 Å². The summed E-state index contributed by atoms with van der Waals surface area (Å²) in [6.07, 6.45) is 0. The number of halogens is 1. The Hall–Kier alpha value is -3.09. The Bertz CT molecular complexity index is 843. The van der Waals surface area contributed by atoms with Crippen LogP contribution in [-0.2, 0) is 6.61 Å². The van der Waals surface area contributed by atoms with Gasteiger partial charge in [0.05, 0.1) is 29.5 Å². The largest absolute Gasteiger partial charge is 0.392 e. The molecule has 0 aliphatic carbocycles. The van der Waals surface area contributed by atoms with Crippen LogP contribution >= 0.6 is 0 Å². The van der Waals surface area contributed by atoms with Gasteiger partial charge in [-0.1, -0.05) is 0 Å². The molecule has 0 spiro atoms. The van der Waals surface area contributed by atoms with E-state index in [2.05, 4.69) is 11.0 Å². The summed E-state index contributed by atoms with van der Waals surface area (Å²) in [6.45, 7) is 2.48. The van der Waals surface area contributed by atoms with Gasteiger partial charge in [0.25, 0.3) is 0 Å². The zero-order chi connectivity index (χ0) is 17.8. The number of benzene rings is 2. The minimum atomic E-state index is -0.556. The van der Waals surface area contributed by atoms with E-state index >= 15 is 0 Å². The maximum atomic E-state index is 13.8. The highest BCUT2D eigenvalue weighted by molar-refractivity contribution is 5.62. The van der Waals surface area contributed by atoms with Gasteiger partial charge in [-0.3, -0.25) is 0 Å². The summed E-state index contributed by atoms with van der Waals surface area (Å²) in [7, 11) is 0. The molecule has 126 valence electrons. The molecule has 1 heterocycles. The standard InChI is InChI=1S/C19H17FN4O/c20-18-9-15(12-22)19(10-16(18)13-25)24-7-5-23(6-8-24)17-3-1-14(11-21)2-4-17/h1-4,9-10,25H,5-8,13H2. The molecule has 1 aliphatic heterocycles. The van der Waals surface area contributed by atoms with Crippen molar-refractivity contribution in [2.45, 2.75) is 6.61 Å². The topological polar surface area (TPSA) is 74.3 Å². The van der Waals surface area contributed by atoms with Gasteiger partial charge in [-0.15, -0.1) is 0 Å². The molecule has 1 fully saturated rings. The smallest absolute Gasteiger partial charge is 0.130 e. The first-order chi connectivity index (χ1) is 12.2. The summed E-state index contributed by atoms with van der Waals surface area (Å²) in [5, 5.41) is 27.4. The van der Waals surface area contributed by atoms with Crippen LogP contribution in [0.1, 0.15) is 16.7 Å². The molecule has 2 aromatic rings. The molecule has 1 saturated heterocycles. The van der Waals surface area contributed by atoms with Crippen molar-refractivity contribution in [3.8, 4) is 12.1 Å². The predicted molar refractivity (Wildman–Crippen MR) is 92.6 cm³/mol. The molecule has 0 saturated carbocycles. The van der Waals surface area contributed by atoms with Gasteiger partial charge in [0, 0.05) is 37.4 Å². The number of hydrogen-bond acceptors (Lipinski definition) is 5. The van der Waals surface area contributed by atoms with Crippen molar-refractivity contribution in [3.63, 3.8) is 0 Å². The minimum Gasteiger partial charge on any atom is -0.392 e. The van der Waals surface area contributed by atoms with E-state index in [4.69, 9.17) is 5.26 Å². The normalized spacial score (nSPS) is 14.1. The fourth-order valence-electron chi connectivity index (χ4n) is 3.03. The number of nitrogens with zero attached hydrogens (tertiary/aromatic N) is 4. The number of nitriles is 2. The van der Waals surface area contributed by atoms with Crippen LogP contribution in [0, 0.1) is 28.5 Å². The van der Waals surface area contributed by atoms with Crippen molar-refractivity contribution in [2.24, 2.45) is 0 Å². The first-order valence-electron chi connectivity index (χ1n) is 7.99. The summed E-state index contributed by atoms with van der Waals surface area (Å²) in [6, 6.07) is 14.3. The van der Waals surface area contributed by atoms with Crippen LogP contribution in [0.25, 0.3) is 0 Å². The molecule has 1 aliphatic rings. The second kappa shape index (κ2) is 7.21. The van der Waals surface area contributed by atoms with E-state index in [1.54, 1.807) is 18.2 Å². The lowest BCUT2D eigenvalue weighted by atomic mass is 10.1. The number of aliphatic hydroxyl groups excluding tert-OH is 1. The van der Waals surface area contributed by atoms with Crippen LogP contribution in [0.15, 0.2) is 36.4 Å². The average Bonchev–Trinajstić information content (AvgIpc) is 2.68. The maximum absolute atomic E-state index is 13.8. The number of hydrogen-bond donors (Lipinski definition) is 1. The molecule has 0 radical (unpaired) electrons. The predicted octanol–water partition coefficient (Wildman–Crippen LogP) is 2.39. The molecule has 2 aromatic carbocycles. The Balaban J connectivity index is 1.76. The van der Waals surface area contributed by atoms with Crippen LogP contribution in [0.4, 0.5) is 15.8 Å². The summed E-state index contributed by atoms with van der Waals surface area (Å²) in [5.41, 5.74) is 2.82. The third kappa shape index (κ3) is 3.40. The molecule has 0 atom stereocenters. The molecule has 0 unspecified atom stereocenters. The average molecular weight is 336 g/mol. The van der Waals surface area contributed by atoms with Crippen molar-refractivity contribution < 1.29 is 9.50 Å². The van der Waals surface area contributed by atoms with E-state index in [1.807, 2.05) is 23.1 Å². The molecule has 3 rings (SSSR count). The Labute approximate surface area is 145 Å². The summed E-state index contributed by atoms with van der Waals surface area (Å²) < 4.78 is 13.8. The van der Waals surface area contributed by atoms with Crippen molar-refractivity contribution >= 4 is 11.4 Å². The number of rotatable bonds is 3. The van der Waals surface area contributed by atoms with Gasteiger partial charge in [0.2, 0.25) is 0 Å². The summed E-state index contributed by atoms with van der Waals surface area (Å²) in [5.74, 6) is -0.556. The second-order valence-corrected chi connectivity index (χ2v) is 5.86. The van der Waals surface area contributed by atoms with Crippen LogP contribution < -0.4 is 9.80 Å². The van der Waals surface area contributed by atoms with Crippen molar-refractivity contribution in [1.29, 1.82) is 10.5 Å². The van der Waals surface area contributed by atoms with Gasteiger partial charge >= 0.3 is 0 Å². The SMILES string of the molecule is N#Cc1ccc(N2CCN(c3cc(CO)c(F)cc3C#N)CC2)cc1. The van der Waals surface area contributed by atoms with E-state index in [0.29, 0.717) is 24.3 Å². The molecule has 0 aromatic heterocycles. The fourth-order valence-corrected chi connectivity index (χ4v) is 3.03. The minimum absolute atomic E-state index is 0.198. The van der Waals surface area contributed by atoms with Crippen LogP contribution in [0.3, 0.4) is 0 Å². The summed E-state index contributed by atoms with van der Waals surface area (Å²) >= 11 is 0. The lowest BCUT2D eigenvalue weighted by Crippen LogP contribution is -2.46.